The SMILES string of the molecule is O=C([O-])Cc1ccc(N=Cc2cccc([N+](=O)[O-])c2O)cc1. The Balaban J connectivity index is 2.20. The van der Waals surface area contributed by atoms with E-state index in [-0.39, 0.29) is 12.0 Å². The number of aromatic hydroxyl groups is 1. The highest BCUT2D eigenvalue weighted by molar-refractivity contribution is 5.87. The van der Waals surface area contributed by atoms with E-state index in [1.165, 1.54) is 24.4 Å². The van der Waals surface area contributed by atoms with E-state index in [0.29, 0.717) is 11.3 Å². The molecule has 0 radical (unpaired) electrons. The molecule has 0 saturated heterocycles. The molecule has 0 heterocycles. The van der Waals surface area contributed by atoms with E-state index in [1.54, 1.807) is 24.3 Å². The fraction of sp³-hybridized carbons (Fsp3) is 0.0667. The van der Waals surface area contributed by atoms with Crippen molar-refractivity contribution in [2.45, 2.75) is 6.42 Å². The summed E-state index contributed by atoms with van der Waals surface area (Å²) in [6.07, 6.45) is 1.12. The molecule has 0 aliphatic rings. The minimum Gasteiger partial charge on any atom is -0.550 e. The number of phenols is 1. The zero-order chi connectivity index (χ0) is 16.1. The number of hydrogen-bond acceptors (Lipinski definition) is 6. The molecule has 0 bridgehead atoms. The summed E-state index contributed by atoms with van der Waals surface area (Å²) in [7, 11) is 0. The van der Waals surface area contributed by atoms with Gasteiger partial charge < -0.3 is 15.0 Å². The summed E-state index contributed by atoms with van der Waals surface area (Å²) >= 11 is 0. The van der Waals surface area contributed by atoms with E-state index < -0.39 is 22.3 Å². The normalized spacial score (nSPS) is 10.7. The summed E-state index contributed by atoms with van der Waals surface area (Å²) in [5.41, 5.74) is 0.923. The molecule has 2 rings (SSSR count). The van der Waals surface area contributed by atoms with Crippen LogP contribution in [0.1, 0.15) is 11.1 Å². The van der Waals surface area contributed by atoms with Gasteiger partial charge >= 0.3 is 5.69 Å². The zero-order valence-corrected chi connectivity index (χ0v) is 11.3. The molecule has 0 aliphatic heterocycles. The first-order chi connectivity index (χ1) is 10.5. The third-order valence-corrected chi connectivity index (χ3v) is 2.88. The summed E-state index contributed by atoms with van der Waals surface area (Å²) in [6, 6.07) is 10.5. The number of carbonyl (C=O) groups is 1. The lowest BCUT2D eigenvalue weighted by atomic mass is 10.1. The van der Waals surface area contributed by atoms with Gasteiger partial charge in [0.15, 0.2) is 0 Å². The van der Waals surface area contributed by atoms with Crippen molar-refractivity contribution in [3.05, 3.63) is 63.7 Å². The number of hydrogen-bond donors (Lipinski definition) is 1. The Hall–Kier alpha value is -3.22. The molecule has 0 spiro atoms. The van der Waals surface area contributed by atoms with Crippen molar-refractivity contribution >= 4 is 23.6 Å². The Kier molecular flexibility index (Phi) is 4.47. The number of nitro benzene ring substituents is 1. The number of nitrogens with zero attached hydrogens (tertiary/aromatic N) is 2. The molecular weight excluding hydrogens is 288 g/mol. The Bertz CT molecular complexity index is 738. The Labute approximate surface area is 125 Å². The molecule has 2 aromatic carbocycles. The van der Waals surface area contributed by atoms with Gasteiger partial charge in [-0.15, -0.1) is 0 Å². The molecule has 0 aliphatic carbocycles. The van der Waals surface area contributed by atoms with Crippen molar-refractivity contribution in [3.63, 3.8) is 0 Å². The molecule has 0 unspecified atom stereocenters. The first kappa shape index (κ1) is 15.2. The van der Waals surface area contributed by atoms with Crippen molar-refractivity contribution < 1.29 is 19.9 Å². The van der Waals surface area contributed by atoms with Crippen molar-refractivity contribution in [1.82, 2.24) is 0 Å². The van der Waals surface area contributed by atoms with Gasteiger partial charge in [0.2, 0.25) is 5.75 Å². The number of aliphatic imine (C=N–C) groups is 1. The van der Waals surface area contributed by atoms with Crippen molar-refractivity contribution in [1.29, 1.82) is 0 Å². The van der Waals surface area contributed by atoms with Crippen molar-refractivity contribution in [3.8, 4) is 5.75 Å². The van der Waals surface area contributed by atoms with E-state index in [1.807, 2.05) is 0 Å². The number of aliphatic carboxylic acids is 1. The number of phenolic OH excluding ortho intramolecular Hbond substituents is 1. The van der Waals surface area contributed by atoms with Crippen LogP contribution in [-0.4, -0.2) is 22.2 Å². The number of carbonyl (C=O) groups excluding carboxylic acids is 1. The molecule has 0 fully saturated rings. The van der Waals surface area contributed by atoms with E-state index in [4.69, 9.17) is 0 Å². The van der Waals surface area contributed by atoms with Crippen LogP contribution in [0.15, 0.2) is 47.5 Å². The summed E-state index contributed by atoms with van der Waals surface area (Å²) < 4.78 is 0. The molecule has 0 saturated carbocycles. The molecule has 7 nitrogen and oxygen atoms in total. The minimum atomic E-state index is -1.17. The van der Waals surface area contributed by atoms with Crippen LogP contribution in [-0.2, 0) is 11.2 Å². The van der Waals surface area contributed by atoms with Gasteiger partial charge in [0.1, 0.15) is 0 Å². The predicted molar refractivity (Wildman–Crippen MR) is 77.2 cm³/mol. The summed E-state index contributed by atoms with van der Waals surface area (Å²) in [5.74, 6) is -1.62. The topological polar surface area (TPSA) is 116 Å². The Morgan fingerprint density at radius 2 is 1.91 bits per heavy atom. The standard InChI is InChI=1S/C15H12N2O5/c18-14(19)8-10-4-6-12(7-5-10)16-9-11-2-1-3-13(15(11)20)17(21)22/h1-7,9,20H,8H2,(H,18,19)/p-1. The van der Waals surface area contributed by atoms with Gasteiger partial charge in [0, 0.05) is 30.2 Å². The average molecular weight is 299 g/mol. The second-order valence-corrected chi connectivity index (χ2v) is 4.45. The lowest BCUT2D eigenvalue weighted by molar-refractivity contribution is -0.385. The third kappa shape index (κ3) is 3.66. The molecule has 0 amide bonds. The van der Waals surface area contributed by atoms with Crippen LogP contribution in [0.4, 0.5) is 11.4 Å². The number of rotatable bonds is 5. The number of carboxylic acid groups (broad SMARTS) is 1. The molecular formula is C15H11N2O5-. The Morgan fingerprint density at radius 3 is 2.50 bits per heavy atom. The van der Waals surface area contributed by atoms with Gasteiger partial charge in [0.25, 0.3) is 0 Å². The van der Waals surface area contributed by atoms with Gasteiger partial charge in [-0.1, -0.05) is 18.2 Å². The van der Waals surface area contributed by atoms with Crippen LogP contribution in [0.25, 0.3) is 0 Å². The maximum absolute atomic E-state index is 10.7. The molecule has 2 aromatic rings. The molecule has 0 atom stereocenters. The van der Waals surface area contributed by atoms with Gasteiger partial charge in [0.05, 0.1) is 10.6 Å². The van der Waals surface area contributed by atoms with Gasteiger partial charge in [-0.25, -0.2) is 0 Å². The molecule has 7 heteroatoms. The first-order valence-electron chi connectivity index (χ1n) is 6.26. The predicted octanol–water partition coefficient (Wildman–Crippen LogP) is 1.34. The number of benzene rings is 2. The third-order valence-electron chi connectivity index (χ3n) is 2.88. The largest absolute Gasteiger partial charge is 0.550 e. The van der Waals surface area contributed by atoms with Crippen LogP contribution < -0.4 is 5.11 Å². The second-order valence-electron chi connectivity index (χ2n) is 4.45. The molecule has 22 heavy (non-hydrogen) atoms. The van der Waals surface area contributed by atoms with Crippen molar-refractivity contribution in [2.75, 3.05) is 0 Å². The summed E-state index contributed by atoms with van der Waals surface area (Å²) in [6.45, 7) is 0. The Morgan fingerprint density at radius 1 is 1.23 bits per heavy atom. The fourth-order valence-corrected chi connectivity index (χ4v) is 1.81. The van der Waals surface area contributed by atoms with E-state index >= 15 is 0 Å². The molecule has 0 aromatic heterocycles. The van der Waals surface area contributed by atoms with Gasteiger partial charge in [-0.05, 0) is 23.8 Å². The van der Waals surface area contributed by atoms with Crippen LogP contribution in [0.2, 0.25) is 0 Å². The van der Waals surface area contributed by atoms with Crippen LogP contribution in [0.5, 0.6) is 5.75 Å². The van der Waals surface area contributed by atoms with Gasteiger partial charge in [-0.3, -0.25) is 15.1 Å². The number of carboxylic acids is 1. The van der Waals surface area contributed by atoms with E-state index in [9.17, 15) is 25.1 Å². The van der Waals surface area contributed by atoms with Crippen LogP contribution in [0.3, 0.4) is 0 Å². The first-order valence-corrected chi connectivity index (χ1v) is 6.26. The minimum absolute atomic E-state index is 0.185. The summed E-state index contributed by atoms with van der Waals surface area (Å²) in [5, 5.41) is 31.0. The maximum Gasteiger partial charge on any atom is 0.311 e. The lowest BCUT2D eigenvalue weighted by Crippen LogP contribution is -2.24. The fourth-order valence-electron chi connectivity index (χ4n) is 1.81. The van der Waals surface area contributed by atoms with Gasteiger partial charge in [-0.2, -0.15) is 0 Å². The highest BCUT2D eigenvalue weighted by atomic mass is 16.6. The van der Waals surface area contributed by atoms with E-state index in [2.05, 4.69) is 4.99 Å². The maximum atomic E-state index is 10.7. The molecule has 1 N–H and O–H groups in total. The van der Waals surface area contributed by atoms with E-state index in [0.717, 1.165) is 0 Å². The number of para-hydroxylation sites is 1. The second kappa shape index (κ2) is 6.49. The average Bonchev–Trinajstić information content (AvgIpc) is 2.47. The zero-order valence-electron chi connectivity index (χ0n) is 11.3. The quantitative estimate of drug-likeness (QED) is 0.508. The van der Waals surface area contributed by atoms with Crippen LogP contribution in [0, 0.1) is 10.1 Å². The monoisotopic (exact) mass is 299 g/mol. The van der Waals surface area contributed by atoms with Crippen LogP contribution >= 0.6 is 0 Å². The smallest absolute Gasteiger partial charge is 0.311 e. The highest BCUT2D eigenvalue weighted by Crippen LogP contribution is 2.28. The molecule has 112 valence electrons. The summed E-state index contributed by atoms with van der Waals surface area (Å²) in [4.78, 5) is 24.6. The van der Waals surface area contributed by atoms with Crippen molar-refractivity contribution in [2.24, 2.45) is 4.99 Å². The lowest BCUT2D eigenvalue weighted by Gasteiger charge is -2.02. The number of nitro groups is 1. The highest BCUT2D eigenvalue weighted by Gasteiger charge is 2.14.